The molecule has 0 aliphatic heterocycles. The third-order valence-electron chi connectivity index (χ3n) is 3.12. The topological polar surface area (TPSA) is 17.1 Å². The van der Waals surface area contributed by atoms with Gasteiger partial charge in [0, 0.05) is 6.42 Å². The number of hydrogen-bond acceptors (Lipinski definition) is 1. The molecule has 0 amide bonds. The van der Waals surface area contributed by atoms with Gasteiger partial charge in [-0.15, -0.1) is 0 Å². The zero-order chi connectivity index (χ0) is 10.8. The summed E-state index contributed by atoms with van der Waals surface area (Å²) in [6.45, 7) is 5.95. The molecule has 1 saturated carbocycles. The summed E-state index contributed by atoms with van der Waals surface area (Å²) in [7, 11) is 0. The summed E-state index contributed by atoms with van der Waals surface area (Å²) in [5.74, 6) is 0.744. The second-order valence-electron chi connectivity index (χ2n) is 4.38. The van der Waals surface area contributed by atoms with Gasteiger partial charge in [-0.2, -0.15) is 0 Å². The van der Waals surface area contributed by atoms with Crippen molar-refractivity contribution in [3.05, 3.63) is 47.5 Å². The number of hydrogen-bond donors (Lipinski definition) is 0. The van der Waals surface area contributed by atoms with Crippen LogP contribution in [0.4, 0.5) is 0 Å². The van der Waals surface area contributed by atoms with Gasteiger partial charge in [0.1, 0.15) is 0 Å². The van der Waals surface area contributed by atoms with Crippen LogP contribution in [0.3, 0.4) is 0 Å². The van der Waals surface area contributed by atoms with Gasteiger partial charge in [0.25, 0.3) is 0 Å². The first-order valence-corrected chi connectivity index (χ1v) is 5.44. The normalized spacial score (nSPS) is 21.8. The Balaban J connectivity index is 2.19. The lowest BCUT2D eigenvalue weighted by atomic mass is 9.81. The Morgan fingerprint density at radius 2 is 2.20 bits per heavy atom. The molecular weight excluding hydrogens is 184 g/mol. The third kappa shape index (κ3) is 2.17. The molecule has 0 radical (unpaired) electrons. The zero-order valence-electron chi connectivity index (χ0n) is 9.12. The average molecular weight is 200 g/mol. The molecule has 0 aromatic heterocycles. The molecule has 0 bridgehead atoms. The van der Waals surface area contributed by atoms with E-state index < -0.39 is 0 Å². The molecule has 1 heteroatoms. The van der Waals surface area contributed by atoms with Crippen molar-refractivity contribution in [3.63, 3.8) is 0 Å². The largest absolute Gasteiger partial charge is 0.295 e. The van der Waals surface area contributed by atoms with Crippen molar-refractivity contribution < 1.29 is 4.79 Å². The van der Waals surface area contributed by atoms with Crippen molar-refractivity contribution in [1.29, 1.82) is 0 Å². The Labute approximate surface area is 90.8 Å². The zero-order valence-corrected chi connectivity index (χ0v) is 9.12. The maximum Gasteiger partial charge on any atom is 0.158 e. The van der Waals surface area contributed by atoms with Crippen LogP contribution in [-0.4, -0.2) is 5.78 Å². The van der Waals surface area contributed by atoms with E-state index in [-0.39, 0.29) is 5.78 Å². The van der Waals surface area contributed by atoms with E-state index in [2.05, 4.69) is 37.8 Å². The summed E-state index contributed by atoms with van der Waals surface area (Å²) in [6.07, 6.45) is 2.47. The van der Waals surface area contributed by atoms with Gasteiger partial charge in [-0.1, -0.05) is 36.4 Å². The predicted molar refractivity (Wildman–Crippen MR) is 61.9 cm³/mol. The SMILES string of the molecule is C=C1CC(c2cccc(C)c2)CCC1=O. The summed E-state index contributed by atoms with van der Waals surface area (Å²) < 4.78 is 0. The van der Waals surface area contributed by atoms with Crippen LogP contribution >= 0.6 is 0 Å². The molecule has 1 nitrogen and oxygen atoms in total. The molecule has 0 N–H and O–H groups in total. The lowest BCUT2D eigenvalue weighted by molar-refractivity contribution is -0.116. The smallest absolute Gasteiger partial charge is 0.158 e. The van der Waals surface area contributed by atoms with Crippen LogP contribution in [0.1, 0.15) is 36.3 Å². The first-order valence-electron chi connectivity index (χ1n) is 5.44. The maximum absolute atomic E-state index is 11.3. The summed E-state index contributed by atoms with van der Waals surface area (Å²) in [4.78, 5) is 11.3. The second-order valence-corrected chi connectivity index (χ2v) is 4.38. The molecule has 1 aliphatic rings. The molecule has 1 aromatic rings. The van der Waals surface area contributed by atoms with Crippen molar-refractivity contribution in [2.75, 3.05) is 0 Å². The highest BCUT2D eigenvalue weighted by molar-refractivity contribution is 5.95. The van der Waals surface area contributed by atoms with Crippen LogP contribution < -0.4 is 0 Å². The molecule has 0 heterocycles. The van der Waals surface area contributed by atoms with Crippen molar-refractivity contribution in [1.82, 2.24) is 0 Å². The number of carbonyl (C=O) groups is 1. The minimum Gasteiger partial charge on any atom is -0.295 e. The van der Waals surface area contributed by atoms with Crippen LogP contribution in [0.25, 0.3) is 0 Å². The Hall–Kier alpha value is -1.37. The lowest BCUT2D eigenvalue weighted by Gasteiger charge is -2.23. The molecule has 1 fully saturated rings. The molecular formula is C14H16O. The van der Waals surface area contributed by atoms with Crippen LogP contribution in [0, 0.1) is 6.92 Å². The minimum absolute atomic E-state index is 0.249. The number of carbonyl (C=O) groups excluding carboxylic acids is 1. The number of Topliss-reactive ketones (excluding diaryl/α,β-unsaturated/α-hetero) is 1. The maximum atomic E-state index is 11.3. The van der Waals surface area contributed by atoms with Crippen LogP contribution in [0.5, 0.6) is 0 Å². The summed E-state index contributed by atoms with van der Waals surface area (Å²) in [5.41, 5.74) is 3.44. The van der Waals surface area contributed by atoms with E-state index in [0.717, 1.165) is 18.4 Å². The lowest BCUT2D eigenvalue weighted by Crippen LogP contribution is -2.14. The highest BCUT2D eigenvalue weighted by Crippen LogP contribution is 2.33. The monoisotopic (exact) mass is 200 g/mol. The van der Waals surface area contributed by atoms with Gasteiger partial charge >= 0.3 is 0 Å². The molecule has 1 aromatic carbocycles. The fourth-order valence-electron chi connectivity index (χ4n) is 2.20. The van der Waals surface area contributed by atoms with E-state index in [4.69, 9.17) is 0 Å². The van der Waals surface area contributed by atoms with E-state index in [0.29, 0.717) is 12.3 Å². The van der Waals surface area contributed by atoms with Crippen molar-refractivity contribution in [3.8, 4) is 0 Å². The van der Waals surface area contributed by atoms with E-state index in [1.807, 2.05) is 0 Å². The molecule has 78 valence electrons. The Morgan fingerprint density at radius 3 is 2.87 bits per heavy atom. The van der Waals surface area contributed by atoms with Crippen LogP contribution in [0.2, 0.25) is 0 Å². The van der Waals surface area contributed by atoms with Gasteiger partial charge in [0.05, 0.1) is 0 Å². The van der Waals surface area contributed by atoms with Gasteiger partial charge in [-0.25, -0.2) is 0 Å². The average Bonchev–Trinajstić information content (AvgIpc) is 2.22. The Bertz CT molecular complexity index is 404. The Morgan fingerprint density at radius 1 is 1.40 bits per heavy atom. The van der Waals surface area contributed by atoms with Gasteiger partial charge in [-0.3, -0.25) is 4.79 Å². The highest BCUT2D eigenvalue weighted by atomic mass is 16.1. The molecule has 0 saturated heterocycles. The number of benzene rings is 1. The fraction of sp³-hybridized carbons (Fsp3) is 0.357. The molecule has 0 spiro atoms. The van der Waals surface area contributed by atoms with Gasteiger partial charge in [0.15, 0.2) is 5.78 Å². The fourth-order valence-corrected chi connectivity index (χ4v) is 2.20. The van der Waals surface area contributed by atoms with Crippen LogP contribution in [-0.2, 0) is 4.79 Å². The number of ketones is 1. The highest BCUT2D eigenvalue weighted by Gasteiger charge is 2.22. The van der Waals surface area contributed by atoms with E-state index in [1.54, 1.807) is 0 Å². The summed E-state index contributed by atoms with van der Waals surface area (Å²) >= 11 is 0. The first kappa shape index (κ1) is 10.2. The quantitative estimate of drug-likeness (QED) is 0.635. The van der Waals surface area contributed by atoms with Crippen molar-refractivity contribution >= 4 is 5.78 Å². The molecule has 15 heavy (non-hydrogen) atoms. The van der Waals surface area contributed by atoms with Gasteiger partial charge in [0.2, 0.25) is 0 Å². The van der Waals surface area contributed by atoms with Gasteiger partial charge < -0.3 is 0 Å². The number of rotatable bonds is 1. The second kappa shape index (κ2) is 4.01. The van der Waals surface area contributed by atoms with E-state index in [9.17, 15) is 4.79 Å². The molecule has 1 atom stereocenters. The van der Waals surface area contributed by atoms with E-state index >= 15 is 0 Å². The number of allylic oxidation sites excluding steroid dienone is 1. The number of aryl methyl sites for hydroxylation is 1. The van der Waals surface area contributed by atoms with Crippen LogP contribution in [0.15, 0.2) is 36.4 Å². The predicted octanol–water partition coefficient (Wildman–Crippen LogP) is 3.39. The standard InChI is InChI=1S/C14H16O/c1-10-4-3-5-12(8-10)13-6-7-14(15)11(2)9-13/h3-5,8,13H,2,6-7,9H2,1H3. The first-order chi connectivity index (χ1) is 7.16. The minimum atomic E-state index is 0.249. The molecule has 1 unspecified atom stereocenters. The van der Waals surface area contributed by atoms with Crippen molar-refractivity contribution in [2.24, 2.45) is 0 Å². The molecule has 2 rings (SSSR count). The molecule has 1 aliphatic carbocycles. The summed E-state index contributed by atoms with van der Waals surface area (Å²) in [6, 6.07) is 8.56. The van der Waals surface area contributed by atoms with E-state index in [1.165, 1.54) is 11.1 Å². The third-order valence-corrected chi connectivity index (χ3v) is 3.12. The Kier molecular flexibility index (Phi) is 2.72. The van der Waals surface area contributed by atoms with Gasteiger partial charge in [-0.05, 0) is 36.8 Å². The van der Waals surface area contributed by atoms with Crippen molar-refractivity contribution in [2.45, 2.75) is 32.1 Å². The summed E-state index contributed by atoms with van der Waals surface area (Å²) in [5, 5.41) is 0.